The summed E-state index contributed by atoms with van der Waals surface area (Å²) in [5.41, 5.74) is 2.25. The number of aliphatic hydroxyl groups excluding tert-OH is 1. The summed E-state index contributed by atoms with van der Waals surface area (Å²) in [7, 11) is 0. The van der Waals surface area contributed by atoms with Crippen molar-refractivity contribution in [3.63, 3.8) is 0 Å². The Morgan fingerprint density at radius 3 is 2.86 bits per heavy atom. The first-order valence-electron chi connectivity index (χ1n) is 11.1. The van der Waals surface area contributed by atoms with Crippen molar-refractivity contribution in [3.8, 4) is 5.75 Å². The molecular formula is C23H39N3O3. The fourth-order valence-corrected chi connectivity index (χ4v) is 3.57. The molecule has 1 fully saturated rings. The highest BCUT2D eigenvalue weighted by Gasteiger charge is 2.17. The molecule has 1 heterocycles. The maximum atomic E-state index is 9.27. The molecule has 0 aliphatic carbocycles. The summed E-state index contributed by atoms with van der Waals surface area (Å²) in [6, 6.07) is 6.28. The Morgan fingerprint density at radius 2 is 2.17 bits per heavy atom. The van der Waals surface area contributed by atoms with Gasteiger partial charge in [0.2, 0.25) is 0 Å². The molecule has 1 aromatic carbocycles. The summed E-state index contributed by atoms with van der Waals surface area (Å²) >= 11 is 0. The third-order valence-corrected chi connectivity index (χ3v) is 5.22. The fraction of sp³-hybridized carbons (Fsp3) is 0.696. The lowest BCUT2D eigenvalue weighted by Gasteiger charge is -2.18. The van der Waals surface area contributed by atoms with Crippen LogP contribution in [0.2, 0.25) is 0 Å². The Morgan fingerprint density at radius 1 is 1.31 bits per heavy atom. The van der Waals surface area contributed by atoms with Gasteiger partial charge in [0.1, 0.15) is 12.4 Å². The number of nitrogens with zero attached hydrogens (tertiary/aromatic N) is 1. The molecule has 0 aromatic heterocycles. The van der Waals surface area contributed by atoms with Crippen molar-refractivity contribution < 1.29 is 14.6 Å². The Labute approximate surface area is 176 Å². The van der Waals surface area contributed by atoms with Crippen LogP contribution in [0.4, 0.5) is 0 Å². The molecule has 0 saturated carbocycles. The van der Waals surface area contributed by atoms with Gasteiger partial charge in [-0.2, -0.15) is 0 Å². The summed E-state index contributed by atoms with van der Waals surface area (Å²) in [6.45, 7) is 10.2. The quantitative estimate of drug-likeness (QED) is 0.367. The van der Waals surface area contributed by atoms with E-state index < -0.39 is 0 Å². The highest BCUT2D eigenvalue weighted by atomic mass is 16.5. The molecule has 2 rings (SSSR count). The van der Waals surface area contributed by atoms with Crippen LogP contribution in [0.5, 0.6) is 5.75 Å². The molecule has 3 N–H and O–H groups in total. The van der Waals surface area contributed by atoms with Crippen LogP contribution in [-0.2, 0) is 11.3 Å². The van der Waals surface area contributed by atoms with Gasteiger partial charge in [-0.15, -0.1) is 0 Å². The summed E-state index contributed by atoms with van der Waals surface area (Å²) in [5, 5.41) is 16.0. The first-order chi connectivity index (χ1) is 14.2. The number of hydrogen-bond donors (Lipinski definition) is 3. The number of aliphatic hydroxyl groups is 1. The van der Waals surface area contributed by atoms with Gasteiger partial charge in [0.25, 0.3) is 0 Å². The van der Waals surface area contributed by atoms with Gasteiger partial charge in [-0.05, 0) is 57.1 Å². The normalized spacial score (nSPS) is 17.9. The van der Waals surface area contributed by atoms with Gasteiger partial charge in [0.15, 0.2) is 5.96 Å². The molecule has 1 aliphatic rings. The first kappa shape index (κ1) is 23.5. The topological polar surface area (TPSA) is 75.1 Å². The van der Waals surface area contributed by atoms with Crippen molar-refractivity contribution in [1.29, 1.82) is 0 Å². The number of ether oxygens (including phenoxy) is 2. The Kier molecular flexibility index (Phi) is 10.9. The molecule has 1 saturated heterocycles. The third kappa shape index (κ3) is 8.62. The standard InChI is InChI=1S/C23H39N3O3/c1-4-7-19(11-12-27)15-25-23(24-5-2)26-16-20-10-9-18(3)14-22(20)29-17-21-8-6-13-28-21/h9-10,14,19,21,27H,4-8,11-13,15-17H2,1-3H3,(H2,24,25,26). The molecule has 2 unspecified atom stereocenters. The molecule has 0 bridgehead atoms. The number of nitrogens with one attached hydrogen (secondary N) is 2. The summed E-state index contributed by atoms with van der Waals surface area (Å²) < 4.78 is 11.8. The van der Waals surface area contributed by atoms with E-state index in [1.54, 1.807) is 0 Å². The lowest BCUT2D eigenvalue weighted by Crippen LogP contribution is -2.40. The zero-order chi connectivity index (χ0) is 20.9. The summed E-state index contributed by atoms with van der Waals surface area (Å²) in [4.78, 5) is 4.77. The highest BCUT2D eigenvalue weighted by molar-refractivity contribution is 5.79. The fourth-order valence-electron chi connectivity index (χ4n) is 3.57. The molecule has 0 spiro atoms. The zero-order valence-electron chi connectivity index (χ0n) is 18.4. The average Bonchev–Trinajstić information content (AvgIpc) is 3.23. The molecule has 164 valence electrons. The first-order valence-corrected chi connectivity index (χ1v) is 11.1. The van der Waals surface area contributed by atoms with Crippen molar-refractivity contribution in [1.82, 2.24) is 10.6 Å². The van der Waals surface area contributed by atoms with Gasteiger partial charge >= 0.3 is 0 Å². The molecule has 0 amide bonds. The predicted octanol–water partition coefficient (Wildman–Crippen LogP) is 3.41. The molecule has 29 heavy (non-hydrogen) atoms. The average molecular weight is 406 g/mol. The van der Waals surface area contributed by atoms with Crippen molar-refractivity contribution >= 4 is 5.96 Å². The monoisotopic (exact) mass is 405 g/mol. The van der Waals surface area contributed by atoms with E-state index in [9.17, 15) is 5.11 Å². The zero-order valence-corrected chi connectivity index (χ0v) is 18.4. The summed E-state index contributed by atoms with van der Waals surface area (Å²) in [5.74, 6) is 2.15. The van der Waals surface area contributed by atoms with Crippen molar-refractivity contribution in [2.45, 2.75) is 65.5 Å². The van der Waals surface area contributed by atoms with Crippen LogP contribution in [0.1, 0.15) is 57.1 Å². The van der Waals surface area contributed by atoms with E-state index >= 15 is 0 Å². The number of rotatable bonds is 12. The van der Waals surface area contributed by atoms with Gasteiger partial charge in [-0.3, -0.25) is 0 Å². The Bertz CT molecular complexity index is 609. The predicted molar refractivity (Wildman–Crippen MR) is 119 cm³/mol. The van der Waals surface area contributed by atoms with E-state index in [1.165, 1.54) is 5.56 Å². The van der Waals surface area contributed by atoms with Gasteiger partial charge in [-0.1, -0.05) is 25.5 Å². The smallest absolute Gasteiger partial charge is 0.191 e. The molecule has 1 aromatic rings. The molecular weight excluding hydrogens is 366 g/mol. The van der Waals surface area contributed by atoms with Crippen LogP contribution in [0.25, 0.3) is 0 Å². The second-order valence-electron chi connectivity index (χ2n) is 7.80. The number of aryl methyl sites for hydroxylation is 1. The van der Waals surface area contributed by atoms with Crippen molar-refractivity contribution in [3.05, 3.63) is 29.3 Å². The third-order valence-electron chi connectivity index (χ3n) is 5.22. The van der Waals surface area contributed by atoms with Gasteiger partial charge in [0.05, 0.1) is 12.6 Å². The lowest BCUT2D eigenvalue weighted by atomic mass is 10.0. The highest BCUT2D eigenvalue weighted by Crippen LogP contribution is 2.23. The largest absolute Gasteiger partial charge is 0.491 e. The molecule has 1 aliphatic heterocycles. The van der Waals surface area contributed by atoms with Crippen LogP contribution < -0.4 is 15.4 Å². The van der Waals surface area contributed by atoms with E-state index in [4.69, 9.17) is 14.5 Å². The molecule has 6 heteroatoms. The second-order valence-corrected chi connectivity index (χ2v) is 7.80. The van der Waals surface area contributed by atoms with Crippen molar-refractivity contribution in [2.24, 2.45) is 10.9 Å². The minimum Gasteiger partial charge on any atom is -0.491 e. The number of aliphatic imine (C=N–C) groups is 1. The van der Waals surface area contributed by atoms with Crippen molar-refractivity contribution in [2.75, 3.05) is 32.9 Å². The minimum atomic E-state index is 0.202. The van der Waals surface area contributed by atoms with E-state index in [1.807, 2.05) is 0 Å². The molecule has 2 atom stereocenters. The maximum Gasteiger partial charge on any atom is 0.191 e. The van der Waals surface area contributed by atoms with E-state index in [0.29, 0.717) is 19.1 Å². The van der Waals surface area contributed by atoms with E-state index in [-0.39, 0.29) is 12.7 Å². The number of guanidine groups is 1. The van der Waals surface area contributed by atoms with E-state index in [0.717, 1.165) is 69.1 Å². The Hall–Kier alpha value is -1.79. The lowest BCUT2D eigenvalue weighted by molar-refractivity contribution is 0.0676. The SMILES string of the molecule is CCCC(CCO)CNC(=NCc1ccc(C)cc1OCC1CCCO1)NCC. The van der Waals surface area contributed by atoms with Crippen LogP contribution in [0, 0.1) is 12.8 Å². The van der Waals surface area contributed by atoms with Crippen LogP contribution >= 0.6 is 0 Å². The minimum absolute atomic E-state index is 0.202. The Balaban J connectivity index is 1.99. The van der Waals surface area contributed by atoms with Crippen LogP contribution in [-0.4, -0.2) is 50.1 Å². The summed E-state index contributed by atoms with van der Waals surface area (Å²) in [6.07, 6.45) is 5.43. The second kappa shape index (κ2) is 13.4. The number of benzene rings is 1. The van der Waals surface area contributed by atoms with Gasteiger partial charge < -0.3 is 25.2 Å². The van der Waals surface area contributed by atoms with Gasteiger partial charge in [0, 0.05) is 31.9 Å². The van der Waals surface area contributed by atoms with Gasteiger partial charge in [-0.25, -0.2) is 4.99 Å². The molecule has 0 radical (unpaired) electrons. The molecule has 6 nitrogen and oxygen atoms in total. The van der Waals surface area contributed by atoms with E-state index in [2.05, 4.69) is 49.6 Å². The number of hydrogen-bond acceptors (Lipinski definition) is 4. The maximum absolute atomic E-state index is 9.27. The van der Waals surface area contributed by atoms with Crippen LogP contribution in [0.15, 0.2) is 23.2 Å². The van der Waals surface area contributed by atoms with Crippen LogP contribution in [0.3, 0.4) is 0 Å².